The molecule has 6 heteroatoms. The highest BCUT2D eigenvalue weighted by molar-refractivity contribution is 7.91. The molecule has 2 aromatic rings. The minimum Gasteiger partial charge on any atom is -0.395 e. The molecule has 1 aromatic carbocycles. The van der Waals surface area contributed by atoms with Gasteiger partial charge in [-0.05, 0) is 18.2 Å². The molecular formula is C9H9N2O3S. The van der Waals surface area contributed by atoms with E-state index in [0.717, 1.165) is 0 Å². The third kappa shape index (κ3) is 1.86. The highest BCUT2D eigenvalue weighted by Gasteiger charge is 2.14. The first kappa shape index (κ1) is 10.1. The lowest BCUT2D eigenvalue weighted by Crippen LogP contribution is -2.09. The highest BCUT2D eigenvalue weighted by Crippen LogP contribution is 2.16. The van der Waals surface area contributed by atoms with Crippen molar-refractivity contribution in [3.63, 3.8) is 0 Å². The monoisotopic (exact) mass is 225 g/mol. The Morgan fingerprint density at radius 3 is 3.00 bits per heavy atom. The second kappa shape index (κ2) is 3.63. The maximum Gasteiger partial charge on any atom is 0.180 e. The summed E-state index contributed by atoms with van der Waals surface area (Å²) in [5.74, 6) is -0.268. The highest BCUT2D eigenvalue weighted by atomic mass is 32.2. The van der Waals surface area contributed by atoms with Gasteiger partial charge >= 0.3 is 0 Å². The van der Waals surface area contributed by atoms with Gasteiger partial charge in [0.05, 0.1) is 28.3 Å². The fourth-order valence-electron chi connectivity index (χ4n) is 1.29. The van der Waals surface area contributed by atoms with Crippen molar-refractivity contribution in [2.75, 3.05) is 12.4 Å². The summed E-state index contributed by atoms with van der Waals surface area (Å²) >= 11 is 0. The third-order valence-electron chi connectivity index (χ3n) is 2.05. The molecule has 0 fully saturated rings. The third-order valence-corrected chi connectivity index (χ3v) is 3.75. The average molecular weight is 225 g/mol. The van der Waals surface area contributed by atoms with Crippen molar-refractivity contribution in [1.82, 2.24) is 9.97 Å². The standard InChI is InChI=1S/C9H9N2O3S/c12-3-4-15(13,14)7-1-2-8-9(5-7)11-6-10-8/h1-2,5,12H,3-4H2,(H,10,11). The second-order valence-corrected chi connectivity index (χ2v) is 5.18. The van der Waals surface area contributed by atoms with Crippen molar-refractivity contribution in [2.24, 2.45) is 0 Å². The molecule has 79 valence electrons. The van der Waals surface area contributed by atoms with Crippen LogP contribution in [0.15, 0.2) is 23.1 Å². The van der Waals surface area contributed by atoms with Crippen molar-refractivity contribution >= 4 is 20.9 Å². The number of nitrogens with zero attached hydrogens (tertiary/aromatic N) is 1. The number of rotatable bonds is 3. The van der Waals surface area contributed by atoms with Crippen molar-refractivity contribution in [3.05, 3.63) is 24.5 Å². The van der Waals surface area contributed by atoms with Crippen LogP contribution in [0.25, 0.3) is 11.0 Å². The predicted molar refractivity (Wildman–Crippen MR) is 54.1 cm³/mol. The molecule has 2 rings (SSSR count). The van der Waals surface area contributed by atoms with Crippen LogP contribution in [0, 0.1) is 6.33 Å². The number of aromatic nitrogens is 2. The van der Waals surface area contributed by atoms with E-state index in [1.807, 2.05) is 0 Å². The number of benzene rings is 1. The molecule has 1 radical (unpaired) electrons. The van der Waals surface area contributed by atoms with Crippen LogP contribution in [0.4, 0.5) is 0 Å². The lowest BCUT2D eigenvalue weighted by atomic mass is 10.3. The second-order valence-electron chi connectivity index (χ2n) is 3.07. The van der Waals surface area contributed by atoms with Gasteiger partial charge in [-0.15, -0.1) is 0 Å². The lowest BCUT2D eigenvalue weighted by molar-refractivity contribution is 0.319. The van der Waals surface area contributed by atoms with E-state index < -0.39 is 9.84 Å². The van der Waals surface area contributed by atoms with Gasteiger partial charge in [-0.2, -0.15) is 0 Å². The number of H-pyrrole nitrogens is 1. The molecule has 0 bridgehead atoms. The summed E-state index contributed by atoms with van der Waals surface area (Å²) in [5, 5.41) is 8.63. The zero-order valence-corrected chi connectivity index (χ0v) is 8.58. The summed E-state index contributed by atoms with van der Waals surface area (Å²) in [6, 6.07) is 4.57. The molecule has 15 heavy (non-hydrogen) atoms. The van der Waals surface area contributed by atoms with E-state index in [0.29, 0.717) is 11.0 Å². The molecule has 0 aliphatic rings. The zero-order chi connectivity index (χ0) is 10.9. The van der Waals surface area contributed by atoms with Crippen LogP contribution in [0.5, 0.6) is 0 Å². The summed E-state index contributed by atoms with van der Waals surface area (Å²) < 4.78 is 23.2. The number of hydrogen-bond acceptors (Lipinski definition) is 4. The van der Waals surface area contributed by atoms with Crippen LogP contribution in [0.3, 0.4) is 0 Å². The number of aromatic amines is 1. The molecule has 0 saturated heterocycles. The summed E-state index contributed by atoms with van der Waals surface area (Å²) in [5.41, 5.74) is 1.28. The molecule has 0 aliphatic carbocycles. The molecule has 1 heterocycles. The van der Waals surface area contributed by atoms with E-state index >= 15 is 0 Å². The van der Waals surface area contributed by atoms with Crippen LogP contribution in [0.2, 0.25) is 0 Å². The summed E-state index contributed by atoms with van der Waals surface area (Å²) in [7, 11) is -3.39. The normalized spacial score (nSPS) is 12.1. The first-order valence-corrected chi connectivity index (χ1v) is 5.98. The Labute approximate surface area is 86.7 Å². The van der Waals surface area contributed by atoms with E-state index in [9.17, 15) is 8.42 Å². The van der Waals surface area contributed by atoms with E-state index in [-0.39, 0.29) is 17.3 Å². The van der Waals surface area contributed by atoms with Crippen LogP contribution in [-0.2, 0) is 9.84 Å². The Morgan fingerprint density at radius 1 is 1.47 bits per heavy atom. The van der Waals surface area contributed by atoms with Gasteiger partial charge in [-0.3, -0.25) is 0 Å². The van der Waals surface area contributed by atoms with Gasteiger partial charge < -0.3 is 10.1 Å². The summed E-state index contributed by atoms with van der Waals surface area (Å²) in [6.45, 7) is -0.379. The molecule has 0 spiro atoms. The van der Waals surface area contributed by atoms with Crippen molar-refractivity contribution in [1.29, 1.82) is 0 Å². The summed E-state index contributed by atoms with van der Waals surface area (Å²) in [4.78, 5) is 6.76. The van der Waals surface area contributed by atoms with Gasteiger partial charge in [-0.1, -0.05) is 0 Å². The first-order chi connectivity index (χ1) is 7.13. The van der Waals surface area contributed by atoms with Gasteiger partial charge in [-0.25, -0.2) is 13.4 Å². The van der Waals surface area contributed by atoms with Crippen molar-refractivity contribution in [3.8, 4) is 0 Å². The number of nitrogens with one attached hydrogen (secondary N) is 1. The minimum absolute atomic E-state index is 0.182. The van der Waals surface area contributed by atoms with Gasteiger partial charge in [0.2, 0.25) is 0 Å². The Bertz CT molecular complexity index is 574. The maximum atomic E-state index is 11.6. The number of aliphatic hydroxyl groups is 1. The average Bonchev–Trinajstić information content (AvgIpc) is 2.63. The number of aliphatic hydroxyl groups excluding tert-OH is 1. The Morgan fingerprint density at radius 2 is 2.27 bits per heavy atom. The molecule has 2 N–H and O–H groups in total. The van der Waals surface area contributed by atoms with Crippen LogP contribution in [-0.4, -0.2) is 35.9 Å². The SMILES string of the molecule is O=S(=O)(CCO)c1ccc2n[c][nH]c2c1. The Hall–Kier alpha value is -1.40. The number of sulfone groups is 1. The molecule has 0 amide bonds. The topological polar surface area (TPSA) is 83.1 Å². The maximum absolute atomic E-state index is 11.6. The summed E-state index contributed by atoms with van der Waals surface area (Å²) in [6.07, 6.45) is 2.53. The molecule has 0 aliphatic heterocycles. The quantitative estimate of drug-likeness (QED) is 0.777. The molecule has 5 nitrogen and oxygen atoms in total. The van der Waals surface area contributed by atoms with Gasteiger partial charge in [0.25, 0.3) is 0 Å². The molecule has 0 atom stereocenters. The zero-order valence-electron chi connectivity index (χ0n) is 7.77. The lowest BCUT2D eigenvalue weighted by Gasteiger charge is -2.01. The van der Waals surface area contributed by atoms with Gasteiger partial charge in [0, 0.05) is 0 Å². The smallest absolute Gasteiger partial charge is 0.180 e. The Balaban J connectivity index is 2.52. The van der Waals surface area contributed by atoms with Crippen LogP contribution in [0.1, 0.15) is 0 Å². The fraction of sp³-hybridized carbons (Fsp3) is 0.222. The molecule has 1 aromatic heterocycles. The van der Waals surface area contributed by atoms with E-state index in [1.165, 1.54) is 12.1 Å². The van der Waals surface area contributed by atoms with Gasteiger partial charge in [0.1, 0.15) is 0 Å². The first-order valence-electron chi connectivity index (χ1n) is 4.33. The van der Waals surface area contributed by atoms with Crippen LogP contribution < -0.4 is 0 Å². The fourth-order valence-corrected chi connectivity index (χ4v) is 2.34. The van der Waals surface area contributed by atoms with Crippen molar-refractivity contribution in [2.45, 2.75) is 4.90 Å². The van der Waals surface area contributed by atoms with Gasteiger partial charge in [0.15, 0.2) is 16.2 Å². The minimum atomic E-state index is -3.39. The molecule has 0 saturated carbocycles. The van der Waals surface area contributed by atoms with Crippen LogP contribution >= 0.6 is 0 Å². The van der Waals surface area contributed by atoms with Crippen molar-refractivity contribution < 1.29 is 13.5 Å². The Kier molecular flexibility index (Phi) is 2.45. The molecule has 0 unspecified atom stereocenters. The van der Waals surface area contributed by atoms with E-state index in [1.54, 1.807) is 6.07 Å². The van der Waals surface area contributed by atoms with E-state index in [2.05, 4.69) is 16.3 Å². The predicted octanol–water partition coefficient (Wildman–Crippen LogP) is 0.129. The largest absolute Gasteiger partial charge is 0.395 e. The van der Waals surface area contributed by atoms with E-state index in [4.69, 9.17) is 5.11 Å². The number of fused-ring (bicyclic) bond motifs is 1. The number of hydrogen-bond donors (Lipinski definition) is 2. The number of imidazole rings is 1. The molecular weight excluding hydrogens is 216 g/mol.